The molecule has 1 heterocycles. The van der Waals surface area contributed by atoms with E-state index in [1.807, 2.05) is 30.3 Å². The Morgan fingerprint density at radius 1 is 1.14 bits per heavy atom. The highest BCUT2D eigenvalue weighted by atomic mass is 16.5. The van der Waals surface area contributed by atoms with Crippen molar-refractivity contribution in [1.29, 1.82) is 5.26 Å². The van der Waals surface area contributed by atoms with Gasteiger partial charge in [0.15, 0.2) is 0 Å². The van der Waals surface area contributed by atoms with Crippen molar-refractivity contribution in [2.75, 3.05) is 20.3 Å². The molecule has 3 rings (SSSR count). The van der Waals surface area contributed by atoms with Gasteiger partial charge in [-0.2, -0.15) is 10.4 Å². The van der Waals surface area contributed by atoms with Gasteiger partial charge in [-0.05, 0) is 48.5 Å². The molecule has 1 aromatic heterocycles. The zero-order valence-electron chi connectivity index (χ0n) is 15.4. The van der Waals surface area contributed by atoms with Crippen LogP contribution in [0.2, 0.25) is 0 Å². The second-order valence-electron chi connectivity index (χ2n) is 5.82. The topological polar surface area (TPSA) is 106 Å². The van der Waals surface area contributed by atoms with Gasteiger partial charge in [-0.15, -0.1) is 0 Å². The average Bonchev–Trinajstić information content (AvgIpc) is 2.74. The van der Waals surface area contributed by atoms with Crippen LogP contribution in [-0.2, 0) is 4.74 Å². The summed E-state index contributed by atoms with van der Waals surface area (Å²) < 4.78 is 10.6. The van der Waals surface area contributed by atoms with E-state index in [2.05, 4.69) is 21.1 Å². The second kappa shape index (κ2) is 9.26. The Morgan fingerprint density at radius 2 is 1.96 bits per heavy atom. The monoisotopic (exact) mass is 373 g/mol. The molecule has 0 radical (unpaired) electrons. The highest BCUT2D eigenvalue weighted by molar-refractivity contribution is 6.38. The van der Waals surface area contributed by atoms with E-state index in [4.69, 9.17) is 20.6 Å². The van der Waals surface area contributed by atoms with Crippen LogP contribution in [0, 0.1) is 11.3 Å². The molecule has 2 aromatic carbocycles. The van der Waals surface area contributed by atoms with Gasteiger partial charge >= 0.3 is 0 Å². The Balaban J connectivity index is 1.79. The molecule has 140 valence electrons. The summed E-state index contributed by atoms with van der Waals surface area (Å²) >= 11 is 0. The number of hydrogen-bond acceptors (Lipinski definition) is 7. The quantitative estimate of drug-likeness (QED) is 0.296. The number of methoxy groups -OCH3 is 1. The summed E-state index contributed by atoms with van der Waals surface area (Å²) in [6.07, 6.45) is 1.55. The van der Waals surface area contributed by atoms with Crippen molar-refractivity contribution in [2.24, 2.45) is 15.9 Å². The Bertz CT molecular complexity index is 1050. The Morgan fingerprint density at radius 3 is 2.68 bits per heavy atom. The van der Waals surface area contributed by atoms with Gasteiger partial charge in [-0.1, -0.05) is 6.07 Å². The molecule has 0 saturated heterocycles. The highest BCUT2D eigenvalue weighted by Crippen LogP contribution is 2.20. The van der Waals surface area contributed by atoms with Crippen LogP contribution in [0.4, 0.5) is 5.69 Å². The maximum Gasteiger partial charge on any atom is 0.127 e. The van der Waals surface area contributed by atoms with E-state index in [9.17, 15) is 0 Å². The smallest absolute Gasteiger partial charge is 0.127 e. The maximum absolute atomic E-state index is 8.85. The normalized spacial score (nSPS) is 11.6. The van der Waals surface area contributed by atoms with Crippen molar-refractivity contribution in [3.63, 3.8) is 0 Å². The van der Waals surface area contributed by atoms with Crippen LogP contribution in [0.3, 0.4) is 0 Å². The van der Waals surface area contributed by atoms with E-state index in [-0.39, 0.29) is 0 Å². The first-order valence-electron chi connectivity index (χ1n) is 8.58. The number of rotatable bonds is 7. The van der Waals surface area contributed by atoms with Crippen molar-refractivity contribution in [1.82, 2.24) is 4.98 Å². The van der Waals surface area contributed by atoms with Crippen LogP contribution in [0.15, 0.2) is 64.7 Å². The highest BCUT2D eigenvalue weighted by Gasteiger charge is 2.06. The summed E-state index contributed by atoms with van der Waals surface area (Å²) in [6.45, 7) is 1.02. The lowest BCUT2D eigenvalue weighted by molar-refractivity contribution is 0.146. The molecule has 0 aliphatic carbocycles. The third-order valence-corrected chi connectivity index (χ3v) is 3.95. The summed E-state index contributed by atoms with van der Waals surface area (Å²) in [5, 5.41) is 13.6. The minimum atomic E-state index is 0.451. The minimum absolute atomic E-state index is 0.451. The molecule has 2 N–H and O–H groups in total. The average molecular weight is 373 g/mol. The molecule has 0 spiro atoms. The molecule has 0 aliphatic heterocycles. The first-order valence-corrected chi connectivity index (χ1v) is 8.58. The van der Waals surface area contributed by atoms with Gasteiger partial charge in [-0.3, -0.25) is 4.99 Å². The fourth-order valence-corrected chi connectivity index (χ4v) is 2.50. The molecule has 0 fully saturated rings. The van der Waals surface area contributed by atoms with Gasteiger partial charge in [0.05, 0.1) is 41.4 Å². The number of fused-ring (bicyclic) bond motifs is 1. The van der Waals surface area contributed by atoms with Gasteiger partial charge in [0.1, 0.15) is 18.1 Å². The van der Waals surface area contributed by atoms with E-state index in [0.29, 0.717) is 35.9 Å². The van der Waals surface area contributed by atoms with Gasteiger partial charge in [0, 0.05) is 12.5 Å². The van der Waals surface area contributed by atoms with Crippen LogP contribution in [-0.4, -0.2) is 37.2 Å². The zero-order valence-corrected chi connectivity index (χ0v) is 15.4. The summed E-state index contributed by atoms with van der Waals surface area (Å²) in [7, 11) is 1.64. The lowest BCUT2D eigenvalue weighted by Gasteiger charge is -2.07. The number of hydrazone groups is 1. The second-order valence-corrected chi connectivity index (χ2v) is 5.82. The van der Waals surface area contributed by atoms with E-state index < -0.39 is 0 Å². The van der Waals surface area contributed by atoms with E-state index >= 15 is 0 Å². The summed E-state index contributed by atoms with van der Waals surface area (Å²) in [6, 6.07) is 18.4. The Labute approximate surface area is 162 Å². The third-order valence-electron chi connectivity index (χ3n) is 3.95. The standard InChI is InChI=1S/C21H19N5O2/c1-27-10-11-28-18-7-9-19-16(12-18)4-8-20(25-19)21(26-23)14-24-17-5-2-15(13-22)3-6-17/h2-9,12,14H,10-11,23H2,1H3. The number of nitrogens with zero attached hydrogens (tertiary/aromatic N) is 4. The molecule has 0 amide bonds. The lowest BCUT2D eigenvalue weighted by atomic mass is 10.1. The molecule has 7 heteroatoms. The number of aromatic nitrogens is 1. The fourth-order valence-electron chi connectivity index (χ4n) is 2.50. The van der Waals surface area contributed by atoms with E-state index in [1.54, 1.807) is 37.6 Å². The first-order chi connectivity index (χ1) is 13.7. The number of nitriles is 1. The van der Waals surface area contributed by atoms with Gasteiger partial charge in [0.25, 0.3) is 0 Å². The van der Waals surface area contributed by atoms with E-state index in [0.717, 1.165) is 16.7 Å². The van der Waals surface area contributed by atoms with Crippen LogP contribution < -0.4 is 10.6 Å². The number of ether oxygens (including phenoxy) is 2. The molecule has 7 nitrogen and oxygen atoms in total. The summed E-state index contributed by atoms with van der Waals surface area (Å²) in [5.41, 5.74) is 3.13. The van der Waals surface area contributed by atoms with Crippen LogP contribution >= 0.6 is 0 Å². The summed E-state index contributed by atoms with van der Waals surface area (Å²) in [5.74, 6) is 6.29. The predicted octanol–water partition coefficient (Wildman–Crippen LogP) is 3.20. The van der Waals surface area contributed by atoms with Crippen molar-refractivity contribution in [3.05, 3.63) is 65.9 Å². The minimum Gasteiger partial charge on any atom is -0.491 e. The molecular weight excluding hydrogens is 354 g/mol. The third kappa shape index (κ3) is 4.69. The number of aliphatic imine (C=N–C) groups is 1. The molecule has 0 aliphatic rings. The van der Waals surface area contributed by atoms with Crippen LogP contribution in [0.1, 0.15) is 11.3 Å². The zero-order chi connectivity index (χ0) is 19.8. The number of benzene rings is 2. The van der Waals surface area contributed by atoms with E-state index in [1.165, 1.54) is 0 Å². The van der Waals surface area contributed by atoms with Gasteiger partial charge < -0.3 is 15.3 Å². The molecule has 28 heavy (non-hydrogen) atoms. The van der Waals surface area contributed by atoms with Crippen molar-refractivity contribution in [2.45, 2.75) is 0 Å². The van der Waals surface area contributed by atoms with Crippen LogP contribution in [0.25, 0.3) is 10.9 Å². The Kier molecular flexibility index (Phi) is 6.29. The summed E-state index contributed by atoms with van der Waals surface area (Å²) in [4.78, 5) is 8.95. The Hall–Kier alpha value is -3.76. The fraction of sp³-hybridized carbons (Fsp3) is 0.143. The predicted molar refractivity (Wildman–Crippen MR) is 109 cm³/mol. The molecular formula is C21H19N5O2. The van der Waals surface area contributed by atoms with Gasteiger partial charge in [-0.25, -0.2) is 4.98 Å². The maximum atomic E-state index is 8.85. The molecule has 3 aromatic rings. The molecule has 0 bridgehead atoms. The molecule has 0 saturated carbocycles. The van der Waals surface area contributed by atoms with Crippen molar-refractivity contribution in [3.8, 4) is 11.8 Å². The van der Waals surface area contributed by atoms with Crippen molar-refractivity contribution >= 4 is 28.5 Å². The van der Waals surface area contributed by atoms with Crippen LogP contribution in [0.5, 0.6) is 5.75 Å². The SMILES string of the molecule is COCCOc1ccc2nc(C(C=Nc3ccc(C#N)cc3)=NN)ccc2c1. The van der Waals surface area contributed by atoms with Crippen molar-refractivity contribution < 1.29 is 9.47 Å². The molecule has 0 unspecified atom stereocenters. The number of pyridine rings is 1. The first kappa shape index (κ1) is 19.0. The lowest BCUT2D eigenvalue weighted by Crippen LogP contribution is -2.08. The number of hydrogen-bond donors (Lipinski definition) is 1. The number of nitrogens with two attached hydrogens (primary N) is 1. The largest absolute Gasteiger partial charge is 0.491 e. The van der Waals surface area contributed by atoms with Gasteiger partial charge in [0.2, 0.25) is 0 Å². The molecule has 0 atom stereocenters.